The first-order valence-corrected chi connectivity index (χ1v) is 7.66. The summed E-state index contributed by atoms with van der Waals surface area (Å²) in [5, 5.41) is 12.1. The molecular weight excluding hydrogens is 238 g/mol. The lowest BCUT2D eigenvalue weighted by atomic mass is 10.2. The predicted octanol–water partition coefficient (Wildman–Crippen LogP) is 2.57. The van der Waals surface area contributed by atoms with E-state index >= 15 is 0 Å². The second-order valence-corrected chi connectivity index (χ2v) is 6.49. The van der Waals surface area contributed by atoms with Crippen LogP contribution in [0, 0.1) is 13.8 Å². The second-order valence-electron chi connectivity index (χ2n) is 3.80. The average molecular weight is 259 g/mol. The average Bonchev–Trinajstić information content (AvgIpc) is 2.56. The molecule has 1 rings (SSSR count). The van der Waals surface area contributed by atoms with Crippen LogP contribution in [0.1, 0.15) is 21.7 Å². The smallest absolute Gasteiger partial charge is 0.0438 e. The fourth-order valence-corrected chi connectivity index (χ4v) is 3.27. The molecule has 0 fully saturated rings. The Bertz CT molecular complexity index is 299. The van der Waals surface area contributed by atoms with Gasteiger partial charge in [0.15, 0.2) is 0 Å². The molecule has 0 aliphatic rings. The third-order valence-electron chi connectivity index (χ3n) is 2.33. The monoisotopic (exact) mass is 259 g/mol. The normalized spacial score (nSPS) is 10.9. The van der Waals surface area contributed by atoms with Crippen molar-refractivity contribution in [2.75, 3.05) is 24.7 Å². The zero-order valence-corrected chi connectivity index (χ0v) is 11.7. The molecular formula is C12H21NOS2. The Labute approximate surface area is 106 Å². The molecule has 0 saturated heterocycles. The second kappa shape index (κ2) is 8.12. The molecule has 0 bridgehead atoms. The first-order chi connectivity index (χ1) is 7.74. The van der Waals surface area contributed by atoms with Gasteiger partial charge in [-0.2, -0.15) is 11.8 Å². The molecule has 0 aliphatic carbocycles. The van der Waals surface area contributed by atoms with Gasteiger partial charge in [0.2, 0.25) is 0 Å². The summed E-state index contributed by atoms with van der Waals surface area (Å²) < 4.78 is 0. The van der Waals surface area contributed by atoms with Crippen LogP contribution in [0.2, 0.25) is 0 Å². The van der Waals surface area contributed by atoms with E-state index < -0.39 is 0 Å². The molecule has 0 aliphatic heterocycles. The van der Waals surface area contributed by atoms with Crippen LogP contribution >= 0.6 is 23.1 Å². The van der Waals surface area contributed by atoms with Gasteiger partial charge < -0.3 is 10.4 Å². The predicted molar refractivity (Wildman–Crippen MR) is 74.5 cm³/mol. The lowest BCUT2D eigenvalue weighted by molar-refractivity contribution is 0.296. The van der Waals surface area contributed by atoms with Crippen molar-refractivity contribution >= 4 is 23.1 Å². The van der Waals surface area contributed by atoms with Gasteiger partial charge in [-0.3, -0.25) is 0 Å². The Hall–Kier alpha value is -0.0300. The van der Waals surface area contributed by atoms with Crippen molar-refractivity contribution in [3.63, 3.8) is 0 Å². The van der Waals surface area contributed by atoms with Crippen molar-refractivity contribution in [1.82, 2.24) is 5.32 Å². The SMILES string of the molecule is Cc1cc(CNCCSCCCO)c(C)s1. The van der Waals surface area contributed by atoms with Crippen LogP contribution in [0.4, 0.5) is 0 Å². The molecule has 0 amide bonds. The largest absolute Gasteiger partial charge is 0.396 e. The van der Waals surface area contributed by atoms with E-state index in [0.29, 0.717) is 6.61 Å². The topological polar surface area (TPSA) is 32.3 Å². The van der Waals surface area contributed by atoms with Crippen LogP contribution < -0.4 is 5.32 Å². The molecule has 0 spiro atoms. The summed E-state index contributed by atoms with van der Waals surface area (Å²) in [6.45, 7) is 6.69. The Balaban J connectivity index is 2.05. The molecule has 1 heterocycles. The van der Waals surface area contributed by atoms with Gasteiger partial charge in [0.25, 0.3) is 0 Å². The number of rotatable bonds is 8. The van der Waals surface area contributed by atoms with Gasteiger partial charge in [0.05, 0.1) is 0 Å². The highest BCUT2D eigenvalue weighted by molar-refractivity contribution is 7.99. The minimum absolute atomic E-state index is 0.313. The number of hydrogen-bond acceptors (Lipinski definition) is 4. The highest BCUT2D eigenvalue weighted by Gasteiger charge is 2.01. The summed E-state index contributed by atoms with van der Waals surface area (Å²) >= 11 is 3.77. The maximum absolute atomic E-state index is 8.62. The molecule has 1 aromatic heterocycles. The summed E-state index contributed by atoms with van der Waals surface area (Å²) in [4.78, 5) is 2.82. The highest BCUT2D eigenvalue weighted by Crippen LogP contribution is 2.20. The highest BCUT2D eigenvalue weighted by atomic mass is 32.2. The van der Waals surface area contributed by atoms with E-state index in [4.69, 9.17) is 5.11 Å². The zero-order chi connectivity index (χ0) is 11.8. The Kier molecular flexibility index (Phi) is 7.12. The maximum atomic E-state index is 8.62. The van der Waals surface area contributed by atoms with Crippen molar-refractivity contribution in [3.8, 4) is 0 Å². The summed E-state index contributed by atoms with van der Waals surface area (Å²) in [7, 11) is 0. The van der Waals surface area contributed by atoms with Gasteiger partial charge in [0.1, 0.15) is 0 Å². The fourth-order valence-electron chi connectivity index (χ4n) is 1.50. The summed E-state index contributed by atoms with van der Waals surface area (Å²) in [6.07, 6.45) is 0.910. The number of thiophene rings is 1. The molecule has 0 aromatic carbocycles. The fraction of sp³-hybridized carbons (Fsp3) is 0.667. The summed E-state index contributed by atoms with van der Waals surface area (Å²) in [5.41, 5.74) is 1.43. The lowest BCUT2D eigenvalue weighted by Crippen LogP contribution is -2.16. The van der Waals surface area contributed by atoms with Crippen molar-refractivity contribution in [1.29, 1.82) is 0 Å². The molecule has 0 saturated carbocycles. The standard InChI is InChI=1S/C12H21NOS2/c1-10-8-12(11(2)16-10)9-13-4-7-15-6-3-5-14/h8,13-14H,3-7,9H2,1-2H3. The number of aryl methyl sites for hydroxylation is 2. The van der Waals surface area contributed by atoms with Gasteiger partial charge >= 0.3 is 0 Å². The third kappa shape index (κ3) is 5.34. The Morgan fingerprint density at radius 2 is 2.19 bits per heavy atom. The van der Waals surface area contributed by atoms with Crippen LogP contribution in [-0.4, -0.2) is 29.8 Å². The minimum atomic E-state index is 0.313. The van der Waals surface area contributed by atoms with Crippen LogP contribution in [0.25, 0.3) is 0 Å². The van der Waals surface area contributed by atoms with Crippen molar-refractivity contribution in [3.05, 3.63) is 21.4 Å². The van der Waals surface area contributed by atoms with Crippen molar-refractivity contribution in [2.24, 2.45) is 0 Å². The Morgan fingerprint density at radius 3 is 2.81 bits per heavy atom. The number of aliphatic hydroxyl groups is 1. The first kappa shape index (κ1) is 14.0. The number of nitrogens with one attached hydrogen (secondary N) is 1. The lowest BCUT2D eigenvalue weighted by Gasteiger charge is -2.04. The van der Waals surface area contributed by atoms with Crippen LogP contribution in [0.5, 0.6) is 0 Å². The molecule has 2 N–H and O–H groups in total. The van der Waals surface area contributed by atoms with Crippen LogP contribution in [-0.2, 0) is 6.54 Å². The molecule has 2 nitrogen and oxygen atoms in total. The van der Waals surface area contributed by atoms with Gasteiger partial charge in [-0.1, -0.05) is 0 Å². The third-order valence-corrected chi connectivity index (χ3v) is 4.41. The van der Waals surface area contributed by atoms with E-state index in [9.17, 15) is 0 Å². The minimum Gasteiger partial charge on any atom is -0.396 e. The van der Waals surface area contributed by atoms with E-state index in [1.165, 1.54) is 15.3 Å². The van der Waals surface area contributed by atoms with Crippen molar-refractivity contribution in [2.45, 2.75) is 26.8 Å². The summed E-state index contributed by atoms with van der Waals surface area (Å²) in [5.74, 6) is 2.19. The number of thioether (sulfide) groups is 1. The Morgan fingerprint density at radius 1 is 1.38 bits per heavy atom. The van der Waals surface area contributed by atoms with Gasteiger partial charge in [-0.15, -0.1) is 11.3 Å². The quantitative estimate of drug-likeness (QED) is 0.704. The molecule has 0 atom stereocenters. The number of aliphatic hydroxyl groups excluding tert-OH is 1. The summed E-state index contributed by atoms with van der Waals surface area (Å²) in [6, 6.07) is 2.27. The van der Waals surface area contributed by atoms with Gasteiger partial charge in [0, 0.05) is 35.2 Å². The molecule has 4 heteroatoms. The zero-order valence-electron chi connectivity index (χ0n) is 10.1. The first-order valence-electron chi connectivity index (χ1n) is 5.69. The van der Waals surface area contributed by atoms with Crippen LogP contribution in [0.15, 0.2) is 6.07 Å². The van der Waals surface area contributed by atoms with E-state index in [0.717, 1.165) is 31.0 Å². The number of hydrogen-bond donors (Lipinski definition) is 2. The van der Waals surface area contributed by atoms with Gasteiger partial charge in [-0.05, 0) is 37.7 Å². The molecule has 92 valence electrons. The molecule has 0 radical (unpaired) electrons. The molecule has 1 aromatic rings. The van der Waals surface area contributed by atoms with E-state index in [-0.39, 0.29) is 0 Å². The molecule has 16 heavy (non-hydrogen) atoms. The van der Waals surface area contributed by atoms with E-state index in [1.54, 1.807) is 0 Å². The van der Waals surface area contributed by atoms with E-state index in [1.807, 2.05) is 23.1 Å². The van der Waals surface area contributed by atoms with Crippen molar-refractivity contribution < 1.29 is 5.11 Å². The molecule has 0 unspecified atom stereocenters. The maximum Gasteiger partial charge on any atom is 0.0438 e. The van der Waals surface area contributed by atoms with E-state index in [2.05, 4.69) is 25.2 Å². The van der Waals surface area contributed by atoms with Gasteiger partial charge in [-0.25, -0.2) is 0 Å². The van der Waals surface area contributed by atoms with Crippen LogP contribution in [0.3, 0.4) is 0 Å².